The molecule has 58 heavy (non-hydrogen) atoms. The van der Waals surface area contributed by atoms with Crippen molar-refractivity contribution < 1.29 is 33.4 Å². The van der Waals surface area contributed by atoms with Gasteiger partial charge in [-0.15, -0.1) is 0 Å². The normalized spacial score (nSPS) is 24.9. The number of nitrogens with one attached hydrogen (secondary N) is 2. The van der Waals surface area contributed by atoms with Gasteiger partial charge in [-0.05, 0) is 109 Å². The third kappa shape index (κ3) is 5.88. The maximum atomic E-state index is 15.4. The third-order valence-electron chi connectivity index (χ3n) is 12.0. The molecule has 0 spiro atoms. The second-order valence-corrected chi connectivity index (χ2v) is 16.3. The van der Waals surface area contributed by atoms with E-state index < -0.39 is 58.5 Å². The van der Waals surface area contributed by atoms with Gasteiger partial charge in [0.1, 0.15) is 5.82 Å². The van der Waals surface area contributed by atoms with Crippen LogP contribution in [0.4, 0.5) is 27.1 Å². The first-order chi connectivity index (χ1) is 28.0. The Hall–Kier alpha value is -5.98. The summed E-state index contributed by atoms with van der Waals surface area (Å²) in [5.41, 5.74) is 5.04. The van der Waals surface area contributed by atoms with Crippen molar-refractivity contribution in [3.63, 3.8) is 0 Å². The predicted molar refractivity (Wildman–Crippen MR) is 220 cm³/mol. The summed E-state index contributed by atoms with van der Waals surface area (Å²) >= 11 is 9.96. The van der Waals surface area contributed by atoms with Crippen molar-refractivity contribution in [3.8, 4) is 11.5 Å². The Morgan fingerprint density at radius 3 is 2.19 bits per heavy atom. The molecule has 4 amide bonds. The number of hydrogen-bond acceptors (Lipinski definition) is 8. The van der Waals surface area contributed by atoms with Crippen molar-refractivity contribution in [1.29, 1.82) is 0 Å². The topological polar surface area (TPSA) is 128 Å². The highest BCUT2D eigenvalue weighted by Crippen LogP contribution is 2.65. The van der Waals surface area contributed by atoms with Gasteiger partial charge in [-0.3, -0.25) is 29.5 Å². The van der Waals surface area contributed by atoms with E-state index in [0.29, 0.717) is 37.6 Å². The number of hydrazine groups is 1. The van der Waals surface area contributed by atoms with E-state index in [1.54, 1.807) is 60.7 Å². The van der Waals surface area contributed by atoms with E-state index in [9.17, 15) is 23.9 Å². The van der Waals surface area contributed by atoms with Gasteiger partial charge in [0.05, 0.1) is 41.7 Å². The Balaban J connectivity index is 1.18. The number of anilines is 4. The first-order valence-electron chi connectivity index (χ1n) is 18.7. The molecule has 2 heterocycles. The number of carbonyl (C=O) groups is 4. The molecule has 6 atom stereocenters. The smallest absolute Gasteiger partial charge is 0.260 e. The van der Waals surface area contributed by atoms with E-state index in [0.717, 1.165) is 16.4 Å². The molecule has 0 aromatic heterocycles. The van der Waals surface area contributed by atoms with E-state index >= 15 is 4.79 Å². The van der Waals surface area contributed by atoms with E-state index in [1.165, 1.54) is 36.3 Å². The molecule has 5 aromatic rings. The molecule has 10 nitrogen and oxygen atoms in total. The number of para-hydroxylation sites is 1. The van der Waals surface area contributed by atoms with Crippen molar-refractivity contribution in [3.05, 3.63) is 153 Å². The summed E-state index contributed by atoms with van der Waals surface area (Å²) in [7, 11) is 1.41. The van der Waals surface area contributed by atoms with Crippen LogP contribution in [0.15, 0.2) is 131 Å². The zero-order valence-corrected chi connectivity index (χ0v) is 33.2. The summed E-state index contributed by atoms with van der Waals surface area (Å²) in [6.45, 7) is 0. The lowest BCUT2D eigenvalue weighted by molar-refractivity contribution is -0.138. The van der Waals surface area contributed by atoms with Gasteiger partial charge in [-0.25, -0.2) is 4.39 Å². The van der Waals surface area contributed by atoms with Crippen LogP contribution in [-0.4, -0.2) is 40.9 Å². The SMILES string of the molecule is COc1cc(Br)cc(C2C3=CCC4C(=O)N(c5ccc(Nc6ccccc6)cc5)C(=O)C4C3CC3C(=O)N(Nc4ccc(F)cc4)C(=O)C32c2ccc(Cl)cc2)c1O. The molecule has 3 N–H and O–H groups in total. The molecule has 292 valence electrons. The van der Waals surface area contributed by atoms with Crippen LogP contribution in [0.1, 0.15) is 29.9 Å². The number of fused-ring (bicyclic) bond motifs is 4. The van der Waals surface area contributed by atoms with E-state index in [2.05, 4.69) is 26.7 Å². The van der Waals surface area contributed by atoms with Crippen LogP contribution in [0.5, 0.6) is 11.5 Å². The largest absolute Gasteiger partial charge is 0.504 e. The Labute approximate surface area is 346 Å². The van der Waals surface area contributed by atoms with Crippen LogP contribution < -0.4 is 20.4 Å². The van der Waals surface area contributed by atoms with E-state index in [-0.39, 0.29) is 30.2 Å². The monoisotopic (exact) mass is 860 g/mol. The van der Waals surface area contributed by atoms with Crippen molar-refractivity contribution >= 4 is 73.9 Å². The lowest BCUT2D eigenvalue weighted by atomic mass is 9.49. The average Bonchev–Trinajstić information content (AvgIpc) is 3.61. The number of methoxy groups -OCH3 is 1. The number of nitrogens with zero attached hydrogens (tertiary/aromatic N) is 2. The molecule has 2 aliphatic heterocycles. The highest BCUT2D eigenvalue weighted by Gasteiger charge is 2.70. The lowest BCUT2D eigenvalue weighted by Crippen LogP contribution is -2.53. The zero-order chi connectivity index (χ0) is 40.5. The molecule has 9 rings (SSSR count). The molecular weight excluding hydrogens is 827 g/mol. The zero-order valence-electron chi connectivity index (χ0n) is 30.9. The molecule has 6 unspecified atom stereocenters. The molecule has 0 radical (unpaired) electrons. The number of phenols is 1. The predicted octanol–water partition coefficient (Wildman–Crippen LogP) is 8.89. The van der Waals surface area contributed by atoms with Gasteiger partial charge >= 0.3 is 0 Å². The Morgan fingerprint density at radius 1 is 0.828 bits per heavy atom. The van der Waals surface area contributed by atoms with Gasteiger partial charge in [0, 0.05) is 32.4 Å². The van der Waals surface area contributed by atoms with Crippen LogP contribution in [0, 0.1) is 29.5 Å². The molecule has 2 saturated heterocycles. The van der Waals surface area contributed by atoms with Crippen LogP contribution >= 0.6 is 27.5 Å². The number of ether oxygens (including phenoxy) is 1. The van der Waals surface area contributed by atoms with Gasteiger partial charge in [0.25, 0.3) is 11.8 Å². The molecule has 3 fully saturated rings. The number of allylic oxidation sites excluding steroid dienone is 2. The maximum absolute atomic E-state index is 15.4. The minimum atomic E-state index is -1.68. The number of rotatable bonds is 8. The van der Waals surface area contributed by atoms with Crippen molar-refractivity contribution in [2.24, 2.45) is 23.7 Å². The number of amides is 4. The number of aromatic hydroxyl groups is 1. The first-order valence-corrected chi connectivity index (χ1v) is 19.9. The molecule has 2 aliphatic carbocycles. The summed E-state index contributed by atoms with van der Waals surface area (Å²) in [5.74, 6) is -6.93. The summed E-state index contributed by atoms with van der Waals surface area (Å²) in [5, 5.41) is 16.6. The lowest BCUT2D eigenvalue weighted by Gasteiger charge is -2.50. The second-order valence-electron chi connectivity index (χ2n) is 15.0. The average molecular weight is 862 g/mol. The second kappa shape index (κ2) is 14.4. The van der Waals surface area contributed by atoms with Crippen LogP contribution in [-0.2, 0) is 24.6 Å². The number of benzene rings is 5. The molecule has 13 heteroatoms. The first kappa shape index (κ1) is 37.6. The minimum absolute atomic E-state index is 0.0387. The van der Waals surface area contributed by atoms with Crippen LogP contribution in [0.3, 0.4) is 0 Å². The number of hydrogen-bond donors (Lipinski definition) is 3. The fourth-order valence-corrected chi connectivity index (χ4v) is 10.2. The van der Waals surface area contributed by atoms with Crippen LogP contribution in [0.25, 0.3) is 0 Å². The molecule has 5 aromatic carbocycles. The van der Waals surface area contributed by atoms with E-state index in [4.69, 9.17) is 16.3 Å². The van der Waals surface area contributed by atoms with Gasteiger partial charge in [-0.2, -0.15) is 5.01 Å². The summed E-state index contributed by atoms with van der Waals surface area (Å²) in [6, 6.07) is 31.9. The summed E-state index contributed by atoms with van der Waals surface area (Å²) in [4.78, 5) is 60.6. The van der Waals surface area contributed by atoms with E-state index in [1.807, 2.05) is 36.4 Å². The van der Waals surface area contributed by atoms with Crippen molar-refractivity contribution in [2.45, 2.75) is 24.2 Å². The molecule has 1 saturated carbocycles. The summed E-state index contributed by atoms with van der Waals surface area (Å²) in [6.07, 6.45) is 2.14. The Kier molecular flexibility index (Phi) is 9.36. The molecule has 0 bridgehead atoms. The highest BCUT2D eigenvalue weighted by molar-refractivity contribution is 9.10. The quantitative estimate of drug-likeness (QED) is 0.104. The number of imide groups is 2. The maximum Gasteiger partial charge on any atom is 0.260 e. The fraction of sp³-hybridized carbons (Fsp3) is 0.200. The van der Waals surface area contributed by atoms with Crippen molar-refractivity contribution in [2.75, 3.05) is 22.8 Å². The number of phenolic OH excluding ortho intramolecular Hbond substituents is 1. The van der Waals surface area contributed by atoms with Gasteiger partial charge in [-0.1, -0.05) is 69.5 Å². The summed E-state index contributed by atoms with van der Waals surface area (Å²) < 4.78 is 20.1. The van der Waals surface area contributed by atoms with Crippen molar-refractivity contribution in [1.82, 2.24) is 5.01 Å². The molecule has 4 aliphatic rings. The third-order valence-corrected chi connectivity index (χ3v) is 12.8. The van der Waals surface area contributed by atoms with Gasteiger partial charge in [0.2, 0.25) is 11.8 Å². The molecular formula is C45H35BrClFN4O6. The fourth-order valence-electron chi connectivity index (χ4n) is 9.61. The highest BCUT2D eigenvalue weighted by atomic mass is 79.9. The Morgan fingerprint density at radius 2 is 1.50 bits per heavy atom. The Bertz CT molecular complexity index is 2520. The number of halogens is 3. The van der Waals surface area contributed by atoms with Gasteiger partial charge in [0.15, 0.2) is 11.5 Å². The standard InChI is InChI=1S/C45H35BrClFN4O6/c1-58-37-22-25(46)21-35(40(37)53)39-32-19-20-33-38(43(56)51(41(33)54)31-17-15-29(16-18-31)49-28-5-3-2-4-6-28)34(32)23-36-42(55)52(50-30-13-11-27(48)12-14-30)44(57)45(36,39)24-7-9-26(47)10-8-24/h2-19,21-22,33-34,36,38-39,49-50,53H,20,23H2,1H3. The number of carbonyl (C=O) groups excluding carboxylic acids is 4. The minimum Gasteiger partial charge on any atom is -0.504 e. The van der Waals surface area contributed by atoms with Gasteiger partial charge < -0.3 is 15.2 Å². The van der Waals surface area contributed by atoms with Crippen LogP contribution in [0.2, 0.25) is 5.02 Å².